The molecule has 5 heteroatoms. The Balaban J connectivity index is 2.34. The summed E-state index contributed by atoms with van der Waals surface area (Å²) in [5, 5.41) is 3.13. The zero-order valence-electron chi connectivity index (χ0n) is 8.33. The fourth-order valence-corrected chi connectivity index (χ4v) is 1.36. The van der Waals surface area contributed by atoms with Gasteiger partial charge in [0.2, 0.25) is 0 Å². The molecule has 1 N–H and O–H groups in total. The lowest BCUT2D eigenvalue weighted by Gasteiger charge is -2.13. The minimum atomic E-state index is -0.0626. The van der Waals surface area contributed by atoms with E-state index in [0.717, 1.165) is 11.4 Å². The number of aromatic nitrogens is 4. The highest BCUT2D eigenvalue weighted by molar-refractivity contribution is 5.17. The molecule has 5 nitrogen and oxygen atoms in total. The van der Waals surface area contributed by atoms with E-state index >= 15 is 0 Å². The van der Waals surface area contributed by atoms with Crippen molar-refractivity contribution in [3.63, 3.8) is 0 Å². The molecule has 0 fully saturated rings. The van der Waals surface area contributed by atoms with Crippen molar-refractivity contribution in [2.24, 2.45) is 0 Å². The van der Waals surface area contributed by atoms with Crippen LogP contribution < -0.4 is 5.32 Å². The maximum Gasteiger partial charge on any atom is 0.149 e. The molecule has 0 radical (unpaired) electrons. The summed E-state index contributed by atoms with van der Waals surface area (Å²) in [6, 6.07) is 1.73. The fraction of sp³-hybridized carbons (Fsp3) is 0.200. The van der Waals surface area contributed by atoms with Crippen LogP contribution in [0.15, 0.2) is 37.2 Å². The minimum Gasteiger partial charge on any atom is -0.307 e. The van der Waals surface area contributed by atoms with Gasteiger partial charge in [0, 0.05) is 30.4 Å². The zero-order chi connectivity index (χ0) is 10.5. The SMILES string of the molecule is CNC(c1cncnc1)c1ncccn1. The molecule has 0 bridgehead atoms. The van der Waals surface area contributed by atoms with Gasteiger partial charge < -0.3 is 5.32 Å². The fourth-order valence-electron chi connectivity index (χ4n) is 1.36. The van der Waals surface area contributed by atoms with Crippen LogP contribution in [0.2, 0.25) is 0 Å². The predicted octanol–water partition coefficient (Wildman–Crippen LogP) is 0.575. The molecule has 15 heavy (non-hydrogen) atoms. The average Bonchev–Trinajstić information content (AvgIpc) is 2.33. The lowest BCUT2D eigenvalue weighted by atomic mass is 10.1. The minimum absolute atomic E-state index is 0.0626. The molecular formula is C10H11N5. The Morgan fingerprint density at radius 2 is 1.80 bits per heavy atom. The Kier molecular flexibility index (Phi) is 2.94. The number of nitrogens with one attached hydrogen (secondary N) is 1. The van der Waals surface area contributed by atoms with Crippen molar-refractivity contribution >= 4 is 0 Å². The Hall–Kier alpha value is -1.88. The van der Waals surface area contributed by atoms with Crippen LogP contribution in [0.25, 0.3) is 0 Å². The summed E-state index contributed by atoms with van der Waals surface area (Å²) in [6.07, 6.45) is 8.45. The molecule has 0 aliphatic heterocycles. The maximum absolute atomic E-state index is 4.20. The van der Waals surface area contributed by atoms with Crippen molar-refractivity contribution in [1.82, 2.24) is 25.3 Å². The third kappa shape index (κ3) is 2.13. The van der Waals surface area contributed by atoms with Gasteiger partial charge in [-0.15, -0.1) is 0 Å². The van der Waals surface area contributed by atoms with E-state index in [-0.39, 0.29) is 6.04 Å². The first-order valence-electron chi connectivity index (χ1n) is 4.61. The molecule has 2 aromatic rings. The molecule has 0 amide bonds. The van der Waals surface area contributed by atoms with Crippen molar-refractivity contribution in [1.29, 1.82) is 0 Å². The molecule has 2 aromatic heterocycles. The number of hydrogen-bond donors (Lipinski definition) is 1. The lowest BCUT2D eigenvalue weighted by molar-refractivity contribution is 0.640. The van der Waals surface area contributed by atoms with Crippen LogP contribution in [-0.4, -0.2) is 27.0 Å². The third-order valence-electron chi connectivity index (χ3n) is 2.05. The summed E-state index contributed by atoms with van der Waals surface area (Å²) in [6.45, 7) is 0. The second-order valence-corrected chi connectivity index (χ2v) is 3.00. The van der Waals surface area contributed by atoms with E-state index in [0.29, 0.717) is 0 Å². The summed E-state index contributed by atoms with van der Waals surface area (Å²) in [7, 11) is 1.86. The quantitative estimate of drug-likeness (QED) is 0.786. The van der Waals surface area contributed by atoms with Crippen molar-refractivity contribution in [2.45, 2.75) is 6.04 Å². The van der Waals surface area contributed by atoms with E-state index in [2.05, 4.69) is 25.3 Å². The summed E-state index contributed by atoms with van der Waals surface area (Å²) in [5.74, 6) is 0.717. The van der Waals surface area contributed by atoms with Gasteiger partial charge in [0.05, 0.1) is 6.04 Å². The lowest BCUT2D eigenvalue weighted by Crippen LogP contribution is -2.20. The standard InChI is InChI=1S/C10H11N5/c1-11-9(8-5-12-7-13-6-8)10-14-3-2-4-15-10/h2-7,9,11H,1H3. The van der Waals surface area contributed by atoms with Gasteiger partial charge in [-0.05, 0) is 13.1 Å². The van der Waals surface area contributed by atoms with Crippen molar-refractivity contribution in [3.8, 4) is 0 Å². The maximum atomic E-state index is 4.20. The van der Waals surface area contributed by atoms with Gasteiger partial charge in [-0.25, -0.2) is 19.9 Å². The second-order valence-electron chi connectivity index (χ2n) is 3.00. The number of hydrogen-bond acceptors (Lipinski definition) is 5. The van der Waals surface area contributed by atoms with Crippen LogP contribution >= 0.6 is 0 Å². The summed E-state index contributed by atoms with van der Waals surface area (Å²) in [5.41, 5.74) is 0.950. The Morgan fingerprint density at radius 3 is 2.40 bits per heavy atom. The van der Waals surface area contributed by atoms with Crippen LogP contribution in [0.3, 0.4) is 0 Å². The molecule has 1 unspecified atom stereocenters. The third-order valence-corrected chi connectivity index (χ3v) is 2.05. The topological polar surface area (TPSA) is 63.6 Å². The van der Waals surface area contributed by atoms with Crippen LogP contribution in [0, 0.1) is 0 Å². The summed E-state index contributed by atoms with van der Waals surface area (Å²) < 4.78 is 0. The Labute approximate surface area is 87.6 Å². The molecule has 1 atom stereocenters. The molecule has 76 valence electrons. The molecule has 0 saturated heterocycles. The first-order valence-corrected chi connectivity index (χ1v) is 4.61. The van der Waals surface area contributed by atoms with Crippen LogP contribution in [0.1, 0.15) is 17.4 Å². The van der Waals surface area contributed by atoms with E-state index < -0.39 is 0 Å². The highest BCUT2D eigenvalue weighted by Gasteiger charge is 2.14. The average molecular weight is 201 g/mol. The Bertz CT molecular complexity index is 363. The van der Waals surface area contributed by atoms with Crippen molar-refractivity contribution in [3.05, 3.63) is 48.6 Å². The number of rotatable bonds is 3. The number of nitrogens with zero attached hydrogens (tertiary/aromatic N) is 4. The first kappa shape index (κ1) is 9.67. The Morgan fingerprint density at radius 1 is 1.13 bits per heavy atom. The first-order chi connectivity index (χ1) is 7.42. The molecule has 2 heterocycles. The highest BCUT2D eigenvalue weighted by Crippen LogP contribution is 2.15. The van der Waals surface area contributed by atoms with Gasteiger partial charge in [0.1, 0.15) is 12.2 Å². The molecule has 0 aliphatic carbocycles. The van der Waals surface area contributed by atoms with Crippen LogP contribution in [-0.2, 0) is 0 Å². The summed E-state index contributed by atoms with van der Waals surface area (Å²) in [4.78, 5) is 16.3. The van der Waals surface area contributed by atoms with Gasteiger partial charge in [-0.3, -0.25) is 0 Å². The largest absolute Gasteiger partial charge is 0.307 e. The van der Waals surface area contributed by atoms with Gasteiger partial charge >= 0.3 is 0 Å². The van der Waals surface area contributed by atoms with E-state index in [4.69, 9.17) is 0 Å². The van der Waals surface area contributed by atoms with E-state index in [1.165, 1.54) is 6.33 Å². The van der Waals surface area contributed by atoms with E-state index in [1.807, 2.05) is 7.05 Å². The van der Waals surface area contributed by atoms with Gasteiger partial charge in [-0.1, -0.05) is 0 Å². The monoisotopic (exact) mass is 201 g/mol. The second kappa shape index (κ2) is 4.56. The predicted molar refractivity (Wildman–Crippen MR) is 55.0 cm³/mol. The molecule has 0 aromatic carbocycles. The molecular weight excluding hydrogens is 190 g/mol. The van der Waals surface area contributed by atoms with E-state index in [9.17, 15) is 0 Å². The highest BCUT2D eigenvalue weighted by atomic mass is 15.0. The van der Waals surface area contributed by atoms with Gasteiger partial charge in [-0.2, -0.15) is 0 Å². The van der Waals surface area contributed by atoms with Crippen molar-refractivity contribution < 1.29 is 0 Å². The molecule has 2 rings (SSSR count). The van der Waals surface area contributed by atoms with E-state index in [1.54, 1.807) is 30.9 Å². The van der Waals surface area contributed by atoms with Crippen molar-refractivity contribution in [2.75, 3.05) is 7.05 Å². The zero-order valence-corrected chi connectivity index (χ0v) is 8.33. The van der Waals surface area contributed by atoms with Gasteiger partial charge in [0.15, 0.2) is 0 Å². The molecule has 0 aliphatic rings. The molecule has 0 spiro atoms. The summed E-state index contributed by atoms with van der Waals surface area (Å²) >= 11 is 0. The van der Waals surface area contributed by atoms with Gasteiger partial charge in [0.25, 0.3) is 0 Å². The van der Waals surface area contributed by atoms with Crippen LogP contribution in [0.5, 0.6) is 0 Å². The normalized spacial score (nSPS) is 12.3. The van der Waals surface area contributed by atoms with Crippen LogP contribution in [0.4, 0.5) is 0 Å². The molecule has 0 saturated carbocycles. The smallest absolute Gasteiger partial charge is 0.149 e.